The van der Waals surface area contributed by atoms with Gasteiger partial charge in [-0.05, 0) is 40.7 Å². The highest BCUT2D eigenvalue weighted by Gasteiger charge is 2.08. The molecule has 0 aliphatic carbocycles. The highest BCUT2D eigenvalue weighted by Crippen LogP contribution is 2.23. The molecule has 2 nitrogen and oxygen atoms in total. The Hall–Kier alpha value is -1.64. The fourth-order valence-corrected chi connectivity index (χ4v) is 2.72. The summed E-state index contributed by atoms with van der Waals surface area (Å²) in [5, 5.41) is 11.4. The molecule has 0 saturated heterocycles. The first-order valence-corrected chi connectivity index (χ1v) is 8.63. The fourth-order valence-electron chi connectivity index (χ4n) is 2.72. The van der Waals surface area contributed by atoms with Gasteiger partial charge in [0.15, 0.2) is 0 Å². The van der Waals surface area contributed by atoms with Crippen LogP contribution in [0.4, 0.5) is 0 Å². The highest BCUT2D eigenvalue weighted by atomic mass is 16.3. The number of benzene rings is 2. The van der Waals surface area contributed by atoms with Crippen LogP contribution >= 0.6 is 0 Å². The second kappa shape index (κ2) is 8.28. The van der Waals surface area contributed by atoms with Crippen LogP contribution in [-0.2, 0) is 19.7 Å². The molecule has 0 radical (unpaired) electrons. The Morgan fingerprint density at radius 3 is 1.70 bits per heavy atom. The lowest BCUT2D eigenvalue weighted by Gasteiger charge is -2.14. The molecule has 0 heterocycles. The standard InChI is InChI=1S/C21H29NO/c1-15(2)20-9-19(10-21(11-20)16(3)4)13-22-12-17-5-7-18(14-23)8-6-17/h5-11,15-16,22-23H,12-14H2,1-4H3/p+1. The summed E-state index contributed by atoms with van der Waals surface area (Å²) in [4.78, 5) is 0. The van der Waals surface area contributed by atoms with E-state index in [1.54, 1.807) is 0 Å². The predicted molar refractivity (Wildman–Crippen MR) is 96.3 cm³/mol. The van der Waals surface area contributed by atoms with Gasteiger partial charge >= 0.3 is 0 Å². The Morgan fingerprint density at radius 1 is 0.739 bits per heavy atom. The normalized spacial score (nSPS) is 11.4. The summed E-state index contributed by atoms with van der Waals surface area (Å²) in [6.45, 7) is 11.1. The summed E-state index contributed by atoms with van der Waals surface area (Å²) in [5.41, 5.74) is 6.55. The van der Waals surface area contributed by atoms with Gasteiger partial charge in [0.05, 0.1) is 6.61 Å². The van der Waals surface area contributed by atoms with E-state index in [1.165, 1.54) is 22.3 Å². The second-order valence-corrected chi connectivity index (χ2v) is 6.99. The molecule has 124 valence electrons. The molecule has 2 aromatic rings. The molecule has 0 saturated carbocycles. The molecule has 0 aliphatic heterocycles. The Morgan fingerprint density at radius 2 is 1.22 bits per heavy atom. The zero-order chi connectivity index (χ0) is 16.8. The van der Waals surface area contributed by atoms with Crippen molar-refractivity contribution < 1.29 is 10.4 Å². The first-order chi connectivity index (χ1) is 11.0. The Kier molecular flexibility index (Phi) is 6.37. The van der Waals surface area contributed by atoms with Crippen LogP contribution in [0.2, 0.25) is 0 Å². The van der Waals surface area contributed by atoms with Gasteiger partial charge in [-0.3, -0.25) is 0 Å². The number of quaternary nitrogens is 1. The maximum atomic E-state index is 9.09. The van der Waals surface area contributed by atoms with Crippen LogP contribution in [0, 0.1) is 0 Å². The van der Waals surface area contributed by atoms with E-state index in [-0.39, 0.29) is 6.61 Å². The van der Waals surface area contributed by atoms with Crippen molar-refractivity contribution in [3.8, 4) is 0 Å². The number of aliphatic hydroxyl groups excluding tert-OH is 1. The van der Waals surface area contributed by atoms with Crippen molar-refractivity contribution >= 4 is 0 Å². The minimum Gasteiger partial charge on any atom is -0.392 e. The minimum absolute atomic E-state index is 0.115. The number of aliphatic hydroxyl groups is 1. The molecule has 2 rings (SSSR count). The lowest BCUT2D eigenvalue weighted by atomic mass is 9.93. The average Bonchev–Trinajstić information content (AvgIpc) is 2.55. The van der Waals surface area contributed by atoms with Gasteiger partial charge in [0.1, 0.15) is 13.1 Å². The number of hydrogen-bond acceptors (Lipinski definition) is 1. The maximum Gasteiger partial charge on any atom is 0.102 e. The minimum atomic E-state index is 0.115. The zero-order valence-electron chi connectivity index (χ0n) is 14.8. The molecule has 0 unspecified atom stereocenters. The molecular weight excluding hydrogens is 282 g/mol. The van der Waals surface area contributed by atoms with E-state index >= 15 is 0 Å². The van der Waals surface area contributed by atoms with Crippen LogP contribution in [-0.4, -0.2) is 5.11 Å². The summed E-state index contributed by atoms with van der Waals surface area (Å²) in [5.74, 6) is 1.14. The number of nitrogens with two attached hydrogens (primary N) is 1. The lowest BCUT2D eigenvalue weighted by Crippen LogP contribution is -2.80. The topological polar surface area (TPSA) is 36.8 Å². The monoisotopic (exact) mass is 312 g/mol. The summed E-state index contributed by atoms with van der Waals surface area (Å²) >= 11 is 0. The molecule has 0 aliphatic rings. The molecule has 0 spiro atoms. The van der Waals surface area contributed by atoms with Gasteiger partial charge in [0.25, 0.3) is 0 Å². The van der Waals surface area contributed by atoms with E-state index in [9.17, 15) is 0 Å². The van der Waals surface area contributed by atoms with Crippen molar-refractivity contribution in [2.45, 2.75) is 59.2 Å². The van der Waals surface area contributed by atoms with Crippen molar-refractivity contribution in [2.24, 2.45) is 0 Å². The van der Waals surface area contributed by atoms with Crippen LogP contribution < -0.4 is 5.32 Å². The van der Waals surface area contributed by atoms with Gasteiger partial charge in [0, 0.05) is 11.1 Å². The highest BCUT2D eigenvalue weighted by molar-refractivity contribution is 5.33. The van der Waals surface area contributed by atoms with Gasteiger partial charge in [0.2, 0.25) is 0 Å². The summed E-state index contributed by atoms with van der Waals surface area (Å²) < 4.78 is 0. The fraction of sp³-hybridized carbons (Fsp3) is 0.429. The quantitative estimate of drug-likeness (QED) is 0.804. The smallest absolute Gasteiger partial charge is 0.102 e. The molecule has 3 N–H and O–H groups in total. The lowest BCUT2D eigenvalue weighted by molar-refractivity contribution is -0.686. The van der Waals surface area contributed by atoms with E-state index in [0.717, 1.165) is 18.7 Å². The van der Waals surface area contributed by atoms with E-state index in [2.05, 4.69) is 63.3 Å². The molecule has 23 heavy (non-hydrogen) atoms. The van der Waals surface area contributed by atoms with E-state index in [4.69, 9.17) is 5.11 Å². The molecule has 2 aromatic carbocycles. The van der Waals surface area contributed by atoms with Crippen molar-refractivity contribution in [3.05, 3.63) is 70.3 Å². The second-order valence-electron chi connectivity index (χ2n) is 6.99. The van der Waals surface area contributed by atoms with Crippen molar-refractivity contribution in [1.29, 1.82) is 0 Å². The van der Waals surface area contributed by atoms with Crippen LogP contribution in [0.3, 0.4) is 0 Å². The summed E-state index contributed by atoms with van der Waals surface area (Å²) in [6.07, 6.45) is 0. The Labute approximate surface area is 140 Å². The van der Waals surface area contributed by atoms with Crippen molar-refractivity contribution in [2.75, 3.05) is 0 Å². The number of rotatable bonds is 7. The zero-order valence-corrected chi connectivity index (χ0v) is 14.8. The Bertz CT molecular complexity index is 588. The molecule has 0 fully saturated rings. The largest absolute Gasteiger partial charge is 0.392 e. The van der Waals surface area contributed by atoms with Crippen LogP contribution in [0.1, 0.15) is 67.3 Å². The maximum absolute atomic E-state index is 9.09. The van der Waals surface area contributed by atoms with Gasteiger partial charge < -0.3 is 10.4 Å². The SMILES string of the molecule is CC(C)c1cc(C[NH2+]Cc2ccc(CO)cc2)cc(C(C)C)c1. The summed E-state index contributed by atoms with van der Waals surface area (Å²) in [7, 11) is 0. The van der Waals surface area contributed by atoms with E-state index < -0.39 is 0 Å². The average molecular weight is 312 g/mol. The van der Waals surface area contributed by atoms with Gasteiger partial charge in [-0.2, -0.15) is 0 Å². The van der Waals surface area contributed by atoms with E-state index in [0.29, 0.717) is 11.8 Å². The predicted octanol–water partition coefficient (Wildman–Crippen LogP) is 3.69. The first-order valence-electron chi connectivity index (χ1n) is 8.63. The van der Waals surface area contributed by atoms with Crippen molar-refractivity contribution in [3.63, 3.8) is 0 Å². The van der Waals surface area contributed by atoms with Crippen molar-refractivity contribution in [1.82, 2.24) is 0 Å². The molecular formula is C21H30NO+. The van der Waals surface area contributed by atoms with Crippen LogP contribution in [0.5, 0.6) is 0 Å². The summed E-state index contributed by atoms with van der Waals surface area (Å²) in [6, 6.07) is 15.3. The van der Waals surface area contributed by atoms with Gasteiger partial charge in [-0.15, -0.1) is 0 Å². The number of hydrogen-bond donors (Lipinski definition) is 2. The third-order valence-corrected chi connectivity index (χ3v) is 4.34. The molecule has 2 heteroatoms. The van der Waals surface area contributed by atoms with E-state index in [1.807, 2.05) is 12.1 Å². The molecule has 0 bridgehead atoms. The Balaban J connectivity index is 2.01. The molecule has 0 aromatic heterocycles. The molecule has 0 amide bonds. The first kappa shape index (κ1) is 17.7. The van der Waals surface area contributed by atoms with Crippen LogP contribution in [0.25, 0.3) is 0 Å². The third-order valence-electron chi connectivity index (χ3n) is 4.34. The van der Waals surface area contributed by atoms with Crippen LogP contribution in [0.15, 0.2) is 42.5 Å². The van der Waals surface area contributed by atoms with Gasteiger partial charge in [-0.25, -0.2) is 0 Å². The molecule has 0 atom stereocenters. The third kappa shape index (κ3) is 5.19. The van der Waals surface area contributed by atoms with Gasteiger partial charge in [-0.1, -0.05) is 58.0 Å².